The molecule has 0 aliphatic carbocycles. The fourth-order valence-electron chi connectivity index (χ4n) is 3.41. The zero-order valence-corrected chi connectivity index (χ0v) is 14.3. The van der Waals surface area contributed by atoms with Gasteiger partial charge in [-0.3, -0.25) is 0 Å². The van der Waals surface area contributed by atoms with Gasteiger partial charge in [0.15, 0.2) is 0 Å². The van der Waals surface area contributed by atoms with Crippen LogP contribution in [0, 0.1) is 19.3 Å². The zero-order valence-electron chi connectivity index (χ0n) is 13.5. The highest BCUT2D eigenvalue weighted by atomic mass is 32.2. The number of benzene rings is 1. The average Bonchev–Trinajstić information content (AvgIpc) is 2.37. The summed E-state index contributed by atoms with van der Waals surface area (Å²) in [6, 6.07) is 6.78. The molecule has 1 aliphatic heterocycles. The van der Waals surface area contributed by atoms with Gasteiger partial charge in [0.25, 0.3) is 0 Å². The van der Waals surface area contributed by atoms with Crippen LogP contribution < -0.4 is 10.6 Å². The van der Waals surface area contributed by atoms with Crippen LogP contribution in [-0.4, -0.2) is 30.6 Å². The van der Waals surface area contributed by atoms with Gasteiger partial charge < -0.3 is 10.6 Å². The first-order valence-corrected chi connectivity index (χ1v) is 8.58. The first-order chi connectivity index (χ1) is 9.32. The van der Waals surface area contributed by atoms with Crippen LogP contribution in [0.15, 0.2) is 18.2 Å². The van der Waals surface area contributed by atoms with Crippen LogP contribution in [0.5, 0.6) is 0 Å². The van der Waals surface area contributed by atoms with Crippen molar-refractivity contribution < 1.29 is 0 Å². The first kappa shape index (κ1) is 15.7. The van der Waals surface area contributed by atoms with Crippen molar-refractivity contribution in [1.29, 1.82) is 0 Å². The lowest BCUT2D eigenvalue weighted by atomic mass is 9.69. The SMILES string of the molecule is Cc1cc(C)cc(N(C)C2(CN)CSCCC2(C)C)c1. The molecule has 2 nitrogen and oxygen atoms in total. The number of thioether (sulfide) groups is 1. The number of likely N-dealkylation sites (N-methyl/N-ethyl adjacent to an activating group) is 1. The van der Waals surface area contributed by atoms with E-state index in [0.717, 1.165) is 5.75 Å². The van der Waals surface area contributed by atoms with Crippen molar-refractivity contribution in [2.75, 3.05) is 30.0 Å². The zero-order chi connectivity index (χ0) is 15.0. The lowest BCUT2D eigenvalue weighted by Crippen LogP contribution is -2.65. The van der Waals surface area contributed by atoms with Crippen LogP contribution in [0.2, 0.25) is 0 Å². The molecule has 0 bridgehead atoms. The Hall–Kier alpha value is -0.670. The summed E-state index contributed by atoms with van der Waals surface area (Å²) in [4.78, 5) is 2.44. The number of aryl methyl sites for hydroxylation is 2. The summed E-state index contributed by atoms with van der Waals surface area (Å²) in [6.45, 7) is 9.79. The largest absolute Gasteiger partial charge is 0.366 e. The second-order valence-electron chi connectivity index (χ2n) is 6.83. The molecular formula is C17H28N2S. The van der Waals surface area contributed by atoms with Gasteiger partial charge in [-0.1, -0.05) is 19.9 Å². The molecule has 20 heavy (non-hydrogen) atoms. The molecule has 1 heterocycles. The molecule has 0 spiro atoms. The molecule has 0 aromatic heterocycles. The molecular weight excluding hydrogens is 264 g/mol. The number of hydrogen-bond donors (Lipinski definition) is 1. The number of rotatable bonds is 3. The monoisotopic (exact) mass is 292 g/mol. The lowest BCUT2D eigenvalue weighted by Gasteiger charge is -2.55. The Labute approximate surface area is 128 Å². The van der Waals surface area contributed by atoms with E-state index in [1.54, 1.807) is 0 Å². The van der Waals surface area contributed by atoms with E-state index in [4.69, 9.17) is 5.73 Å². The van der Waals surface area contributed by atoms with Crippen molar-refractivity contribution in [2.45, 2.75) is 39.7 Å². The Morgan fingerprint density at radius 3 is 2.30 bits per heavy atom. The number of hydrogen-bond acceptors (Lipinski definition) is 3. The van der Waals surface area contributed by atoms with E-state index in [-0.39, 0.29) is 11.0 Å². The van der Waals surface area contributed by atoms with Gasteiger partial charge in [0, 0.05) is 25.0 Å². The summed E-state index contributed by atoms with van der Waals surface area (Å²) in [5.41, 5.74) is 10.5. The molecule has 1 fully saturated rings. The molecule has 1 atom stereocenters. The van der Waals surface area contributed by atoms with E-state index in [9.17, 15) is 0 Å². The van der Waals surface area contributed by atoms with Gasteiger partial charge in [0.05, 0.1) is 5.54 Å². The Balaban J connectivity index is 2.44. The Morgan fingerprint density at radius 1 is 1.20 bits per heavy atom. The highest BCUT2D eigenvalue weighted by Crippen LogP contribution is 2.46. The Bertz CT molecular complexity index is 464. The van der Waals surface area contributed by atoms with Crippen LogP contribution in [0.1, 0.15) is 31.4 Å². The smallest absolute Gasteiger partial charge is 0.0661 e. The van der Waals surface area contributed by atoms with Crippen molar-refractivity contribution in [3.63, 3.8) is 0 Å². The van der Waals surface area contributed by atoms with Crippen LogP contribution in [0.25, 0.3) is 0 Å². The minimum atomic E-state index is 0.0378. The van der Waals surface area contributed by atoms with Crippen molar-refractivity contribution in [3.05, 3.63) is 29.3 Å². The maximum atomic E-state index is 6.27. The van der Waals surface area contributed by atoms with E-state index in [0.29, 0.717) is 6.54 Å². The molecule has 1 aromatic rings. The molecule has 1 aliphatic rings. The maximum Gasteiger partial charge on any atom is 0.0661 e. The lowest BCUT2D eigenvalue weighted by molar-refractivity contribution is 0.175. The normalized spacial score (nSPS) is 25.5. The van der Waals surface area contributed by atoms with Crippen LogP contribution >= 0.6 is 11.8 Å². The van der Waals surface area contributed by atoms with Gasteiger partial charge in [-0.15, -0.1) is 0 Å². The molecule has 112 valence electrons. The topological polar surface area (TPSA) is 29.3 Å². The fourth-order valence-corrected chi connectivity index (χ4v) is 5.25. The van der Waals surface area contributed by atoms with Crippen LogP contribution in [-0.2, 0) is 0 Å². The van der Waals surface area contributed by atoms with E-state index in [1.165, 1.54) is 29.0 Å². The Morgan fingerprint density at radius 2 is 1.80 bits per heavy atom. The molecule has 3 heteroatoms. The van der Waals surface area contributed by atoms with Gasteiger partial charge in [-0.05, 0) is 54.7 Å². The standard InChI is InChI=1S/C17H28N2S/c1-13-8-14(2)10-15(9-13)19(5)17(11-18)12-20-7-6-16(17,3)4/h8-10H,6-7,11-12,18H2,1-5H3. The molecule has 2 rings (SSSR count). The van der Waals surface area contributed by atoms with E-state index >= 15 is 0 Å². The second-order valence-corrected chi connectivity index (χ2v) is 7.93. The quantitative estimate of drug-likeness (QED) is 0.923. The number of nitrogens with zero attached hydrogens (tertiary/aromatic N) is 1. The molecule has 1 saturated heterocycles. The highest BCUT2D eigenvalue weighted by molar-refractivity contribution is 7.99. The number of anilines is 1. The molecule has 0 amide bonds. The summed E-state index contributed by atoms with van der Waals surface area (Å²) < 4.78 is 0. The molecule has 1 unspecified atom stereocenters. The minimum absolute atomic E-state index is 0.0378. The summed E-state index contributed by atoms with van der Waals surface area (Å²) >= 11 is 2.04. The second kappa shape index (κ2) is 5.61. The van der Waals surface area contributed by atoms with E-state index in [1.807, 2.05) is 11.8 Å². The summed E-state index contributed by atoms with van der Waals surface area (Å²) in [5, 5.41) is 0. The molecule has 2 N–H and O–H groups in total. The summed E-state index contributed by atoms with van der Waals surface area (Å²) in [5.74, 6) is 2.36. The van der Waals surface area contributed by atoms with Gasteiger partial charge in [0.1, 0.15) is 0 Å². The highest BCUT2D eigenvalue weighted by Gasteiger charge is 2.49. The summed E-state index contributed by atoms with van der Waals surface area (Å²) in [6.07, 6.45) is 1.23. The van der Waals surface area contributed by atoms with Crippen molar-refractivity contribution in [1.82, 2.24) is 0 Å². The third kappa shape index (κ3) is 2.58. The number of nitrogens with two attached hydrogens (primary N) is 1. The molecule has 0 radical (unpaired) electrons. The Kier molecular flexibility index (Phi) is 4.41. The van der Waals surface area contributed by atoms with Crippen molar-refractivity contribution >= 4 is 17.4 Å². The van der Waals surface area contributed by atoms with Gasteiger partial charge in [-0.25, -0.2) is 0 Å². The first-order valence-electron chi connectivity index (χ1n) is 7.42. The molecule has 0 saturated carbocycles. The van der Waals surface area contributed by atoms with Crippen molar-refractivity contribution in [2.24, 2.45) is 11.1 Å². The predicted molar refractivity (Wildman–Crippen MR) is 91.8 cm³/mol. The third-order valence-electron chi connectivity index (χ3n) is 5.05. The maximum absolute atomic E-state index is 6.27. The minimum Gasteiger partial charge on any atom is -0.366 e. The van der Waals surface area contributed by atoms with Crippen LogP contribution in [0.3, 0.4) is 0 Å². The average molecular weight is 292 g/mol. The van der Waals surface area contributed by atoms with E-state index in [2.05, 4.69) is 57.8 Å². The third-order valence-corrected chi connectivity index (χ3v) is 6.22. The molecule has 1 aromatic carbocycles. The van der Waals surface area contributed by atoms with Gasteiger partial charge >= 0.3 is 0 Å². The van der Waals surface area contributed by atoms with Gasteiger partial charge in [-0.2, -0.15) is 11.8 Å². The van der Waals surface area contributed by atoms with Crippen molar-refractivity contribution in [3.8, 4) is 0 Å². The van der Waals surface area contributed by atoms with E-state index < -0.39 is 0 Å². The summed E-state index contributed by atoms with van der Waals surface area (Å²) in [7, 11) is 2.22. The van der Waals surface area contributed by atoms with Crippen LogP contribution in [0.4, 0.5) is 5.69 Å². The van der Waals surface area contributed by atoms with Gasteiger partial charge in [0.2, 0.25) is 0 Å². The predicted octanol–water partition coefficient (Wildman–Crippen LogP) is 3.60. The fraction of sp³-hybridized carbons (Fsp3) is 0.647.